The third kappa shape index (κ3) is 9.85. The molecule has 2 heterocycles. The van der Waals surface area contributed by atoms with Gasteiger partial charge in [-0.3, -0.25) is 0 Å². The molecule has 0 saturated heterocycles. The van der Waals surface area contributed by atoms with Gasteiger partial charge in [0.1, 0.15) is 11.9 Å². The van der Waals surface area contributed by atoms with Crippen molar-refractivity contribution in [3.8, 4) is 0 Å². The molecule has 2 rings (SSSR count). The van der Waals surface area contributed by atoms with E-state index in [1.165, 1.54) is 10.5 Å². The number of unbranched alkanes of at least 4 members (excludes halogenated alkanes) is 1. The van der Waals surface area contributed by atoms with Crippen molar-refractivity contribution in [3.63, 3.8) is 0 Å². The van der Waals surface area contributed by atoms with Gasteiger partial charge in [-0.2, -0.15) is 0 Å². The number of carboxylic acid groups (broad SMARTS) is 1. The summed E-state index contributed by atoms with van der Waals surface area (Å²) in [6, 6.07) is 3.05. The third-order valence-electron chi connectivity index (χ3n) is 6.04. The smallest absolute Gasteiger partial charge is 0.326 e. The van der Waals surface area contributed by atoms with E-state index in [2.05, 4.69) is 27.7 Å². The fourth-order valence-electron chi connectivity index (χ4n) is 4.16. The number of nitrogens with zero attached hydrogens (tertiary/aromatic N) is 3. The van der Waals surface area contributed by atoms with Crippen LogP contribution in [0.25, 0.3) is 0 Å². The summed E-state index contributed by atoms with van der Waals surface area (Å²) >= 11 is 0. The second kappa shape index (κ2) is 14.8. The van der Waals surface area contributed by atoms with Gasteiger partial charge in [0.15, 0.2) is 0 Å². The maximum atomic E-state index is 12.4. The summed E-state index contributed by atoms with van der Waals surface area (Å²) in [5.74, 6) is 0.340. The van der Waals surface area contributed by atoms with E-state index in [4.69, 9.17) is 9.72 Å². The number of pyridine rings is 1. The van der Waals surface area contributed by atoms with Gasteiger partial charge >= 0.3 is 12.0 Å². The molecule has 0 unspecified atom stereocenters. The van der Waals surface area contributed by atoms with E-state index in [1.54, 1.807) is 14.2 Å². The maximum absolute atomic E-state index is 12.4. The summed E-state index contributed by atoms with van der Waals surface area (Å²) < 4.78 is 5.24. The number of nitrogens with one attached hydrogen (secondary N) is 2. The first-order valence-electron chi connectivity index (χ1n) is 12.5. The van der Waals surface area contributed by atoms with Gasteiger partial charge in [-0.25, -0.2) is 14.6 Å². The highest BCUT2D eigenvalue weighted by atomic mass is 16.5. The first kappa shape index (κ1) is 27.9. The number of anilines is 1. The average molecular weight is 478 g/mol. The number of amides is 2. The third-order valence-corrected chi connectivity index (χ3v) is 6.04. The fraction of sp³-hybridized carbons (Fsp3) is 0.720. The van der Waals surface area contributed by atoms with E-state index < -0.39 is 12.0 Å². The predicted octanol–water partition coefficient (Wildman–Crippen LogP) is 2.85. The molecule has 0 aromatic carbocycles. The standard InChI is InChI=1S/C25H43N5O4/c1-19(2)18-29(3)25(33)28-22(24(31)32)12-15-30(16-17-34-4)14-6-5-9-21-11-10-20-8-7-13-26-23(20)27-21/h10-11,19,22H,5-9,12-18H2,1-4H3,(H,26,27)(H,28,33)(H,31,32)/t22-/m0/s1. The predicted molar refractivity (Wildman–Crippen MR) is 134 cm³/mol. The van der Waals surface area contributed by atoms with Crippen molar-refractivity contribution in [2.24, 2.45) is 5.92 Å². The highest BCUT2D eigenvalue weighted by molar-refractivity contribution is 5.82. The number of fused-ring (bicyclic) bond motifs is 1. The van der Waals surface area contributed by atoms with Crippen molar-refractivity contribution in [1.29, 1.82) is 0 Å². The minimum absolute atomic E-state index is 0.316. The van der Waals surface area contributed by atoms with E-state index in [9.17, 15) is 14.7 Å². The summed E-state index contributed by atoms with van der Waals surface area (Å²) in [5, 5.41) is 15.7. The zero-order chi connectivity index (χ0) is 24.9. The number of aryl methyl sites for hydroxylation is 2. The lowest BCUT2D eigenvalue weighted by atomic mass is 10.1. The van der Waals surface area contributed by atoms with Crippen LogP contribution in [-0.4, -0.2) is 91.4 Å². The molecule has 0 radical (unpaired) electrons. The number of aromatic nitrogens is 1. The fourth-order valence-corrected chi connectivity index (χ4v) is 4.16. The Labute approximate surface area is 204 Å². The van der Waals surface area contributed by atoms with Crippen LogP contribution >= 0.6 is 0 Å². The van der Waals surface area contributed by atoms with Crippen LogP contribution in [0.15, 0.2) is 12.1 Å². The van der Waals surface area contributed by atoms with Gasteiger partial charge < -0.3 is 30.3 Å². The molecule has 0 bridgehead atoms. The number of rotatable bonds is 15. The number of methoxy groups -OCH3 is 1. The second-order valence-corrected chi connectivity index (χ2v) is 9.54. The topological polar surface area (TPSA) is 107 Å². The van der Waals surface area contributed by atoms with Crippen LogP contribution in [0.1, 0.15) is 50.8 Å². The summed E-state index contributed by atoms with van der Waals surface area (Å²) in [5.41, 5.74) is 2.41. The molecular weight excluding hydrogens is 434 g/mol. The normalized spacial score (nSPS) is 13.9. The van der Waals surface area contributed by atoms with Crippen LogP contribution in [0.4, 0.5) is 10.6 Å². The highest BCUT2D eigenvalue weighted by Crippen LogP contribution is 2.20. The van der Waals surface area contributed by atoms with Gasteiger partial charge in [0.25, 0.3) is 0 Å². The van der Waals surface area contributed by atoms with Crippen molar-refractivity contribution < 1.29 is 19.4 Å². The minimum atomic E-state index is -1.01. The number of urea groups is 1. The first-order valence-corrected chi connectivity index (χ1v) is 12.5. The molecule has 0 spiro atoms. The van der Waals surface area contributed by atoms with Crippen LogP contribution in [-0.2, 0) is 22.4 Å². The summed E-state index contributed by atoms with van der Waals surface area (Å²) in [4.78, 5) is 32.6. The molecule has 1 atom stereocenters. The van der Waals surface area contributed by atoms with Gasteiger partial charge in [-0.15, -0.1) is 0 Å². The van der Waals surface area contributed by atoms with Crippen LogP contribution in [0.3, 0.4) is 0 Å². The minimum Gasteiger partial charge on any atom is -0.480 e. The Bertz CT molecular complexity index is 774. The van der Waals surface area contributed by atoms with E-state index in [-0.39, 0.29) is 6.03 Å². The average Bonchev–Trinajstić information content (AvgIpc) is 2.81. The van der Waals surface area contributed by atoms with E-state index >= 15 is 0 Å². The van der Waals surface area contributed by atoms with E-state index in [0.29, 0.717) is 32.0 Å². The van der Waals surface area contributed by atoms with Gasteiger partial charge in [0.05, 0.1) is 6.61 Å². The van der Waals surface area contributed by atoms with Crippen molar-refractivity contribution in [2.45, 2.75) is 58.4 Å². The zero-order valence-corrected chi connectivity index (χ0v) is 21.3. The lowest BCUT2D eigenvalue weighted by molar-refractivity contribution is -0.139. The number of ether oxygens (including phenoxy) is 1. The Balaban J connectivity index is 1.80. The molecule has 9 nitrogen and oxygen atoms in total. The quantitative estimate of drug-likeness (QED) is 0.334. The van der Waals surface area contributed by atoms with Crippen LogP contribution in [0.2, 0.25) is 0 Å². The molecule has 0 aliphatic carbocycles. The molecular formula is C25H43N5O4. The molecule has 3 N–H and O–H groups in total. The Morgan fingerprint density at radius 3 is 2.74 bits per heavy atom. The summed E-state index contributed by atoms with van der Waals surface area (Å²) in [7, 11) is 3.35. The lowest BCUT2D eigenvalue weighted by Crippen LogP contribution is -2.48. The molecule has 0 saturated carbocycles. The number of carboxylic acids is 1. The summed E-state index contributed by atoms with van der Waals surface area (Å²) in [6.07, 6.45) is 5.51. The molecule has 34 heavy (non-hydrogen) atoms. The van der Waals surface area contributed by atoms with Crippen molar-refractivity contribution in [1.82, 2.24) is 20.1 Å². The molecule has 1 aliphatic heterocycles. The van der Waals surface area contributed by atoms with Crippen molar-refractivity contribution in [3.05, 3.63) is 23.4 Å². The molecule has 1 aliphatic rings. The Morgan fingerprint density at radius 2 is 2.03 bits per heavy atom. The molecule has 1 aromatic heterocycles. The Hall–Kier alpha value is -2.39. The number of aliphatic carboxylic acids is 1. The van der Waals surface area contributed by atoms with Crippen LogP contribution in [0.5, 0.6) is 0 Å². The van der Waals surface area contributed by atoms with Crippen LogP contribution in [0, 0.1) is 5.92 Å². The van der Waals surface area contributed by atoms with Gasteiger partial charge in [-0.1, -0.05) is 19.9 Å². The monoisotopic (exact) mass is 477 g/mol. The zero-order valence-electron chi connectivity index (χ0n) is 21.3. The molecule has 2 amide bonds. The second-order valence-electron chi connectivity index (χ2n) is 9.54. The largest absolute Gasteiger partial charge is 0.480 e. The van der Waals surface area contributed by atoms with Gasteiger partial charge in [0, 0.05) is 46.0 Å². The van der Waals surface area contributed by atoms with Gasteiger partial charge in [0.2, 0.25) is 0 Å². The number of hydrogen-bond acceptors (Lipinski definition) is 6. The number of hydrogen-bond donors (Lipinski definition) is 3. The maximum Gasteiger partial charge on any atom is 0.326 e. The number of carbonyl (C=O) groups excluding carboxylic acids is 1. The molecule has 1 aromatic rings. The van der Waals surface area contributed by atoms with Crippen molar-refractivity contribution >= 4 is 17.8 Å². The van der Waals surface area contributed by atoms with E-state index in [0.717, 1.165) is 63.3 Å². The lowest BCUT2D eigenvalue weighted by Gasteiger charge is -2.26. The SMILES string of the molecule is COCCN(CCCCc1ccc2c(n1)NCCC2)CC[C@H](NC(=O)N(C)CC(C)C)C(=O)O. The van der Waals surface area contributed by atoms with Crippen LogP contribution < -0.4 is 10.6 Å². The van der Waals surface area contributed by atoms with Gasteiger partial charge in [-0.05, 0) is 62.6 Å². The molecule has 192 valence electrons. The molecule has 9 heteroatoms. The van der Waals surface area contributed by atoms with E-state index in [1.807, 2.05) is 13.8 Å². The Morgan fingerprint density at radius 1 is 1.24 bits per heavy atom. The Kier molecular flexibility index (Phi) is 12.1. The van der Waals surface area contributed by atoms with Crippen molar-refractivity contribution in [2.75, 3.05) is 58.8 Å². The molecule has 0 fully saturated rings. The highest BCUT2D eigenvalue weighted by Gasteiger charge is 2.23. The first-order chi connectivity index (χ1) is 16.3. The number of carbonyl (C=O) groups is 2. The summed E-state index contributed by atoms with van der Waals surface area (Å²) in [6.45, 7) is 8.34.